The first-order valence-corrected chi connectivity index (χ1v) is 25.4. The summed E-state index contributed by atoms with van der Waals surface area (Å²) in [6.07, 6.45) is -2.33. The second-order valence-electron chi connectivity index (χ2n) is 18.0. The fraction of sp³-hybridized carbons (Fsp3) is 0.276. The third kappa shape index (κ3) is 11.4. The molecule has 1 aliphatic heterocycles. The van der Waals surface area contributed by atoms with E-state index in [-0.39, 0.29) is 11.6 Å². The molecule has 340 valence electrons. The molecule has 0 bridgehead atoms. The van der Waals surface area contributed by atoms with Crippen LogP contribution in [0.4, 0.5) is 0 Å². The number of halogens is 1. The average Bonchev–Trinajstić information content (AvgIpc) is 3.35. The Morgan fingerprint density at radius 2 is 1.00 bits per heavy atom. The number of hydrogen-bond acceptors (Lipinski definition) is 6. The zero-order valence-corrected chi connectivity index (χ0v) is 40.2. The predicted molar refractivity (Wildman–Crippen MR) is 268 cm³/mol. The standard InChI is InChI=1S/C58H61ClO6Si/c1-5-60-49-34-31-43(32-35-49)37-48-38-47(33-36-52(48)59)54-56(62-40-45-23-13-7-14-24-45)57(63-41-46-25-15-8-16-26-46)55(61-39-44-21-11-6-12-22-44)53(65-54)42-64-66(58(2,3)4,50-27-17-9-18-28-50)51-29-19-10-20-30-51/h6-36,38,53-57H,5,37,39-42H2,1-4H3/t53-,54?,55-,56-,57-/m1/s1. The van der Waals surface area contributed by atoms with Gasteiger partial charge < -0.3 is 28.1 Å². The van der Waals surface area contributed by atoms with Crippen molar-refractivity contribution < 1.29 is 28.1 Å². The van der Waals surface area contributed by atoms with Crippen LogP contribution in [-0.2, 0) is 49.6 Å². The van der Waals surface area contributed by atoms with Crippen LogP contribution in [0.5, 0.6) is 5.75 Å². The summed E-state index contributed by atoms with van der Waals surface area (Å²) in [5, 5.41) is 2.80. The lowest BCUT2D eigenvalue weighted by Crippen LogP contribution is -2.68. The van der Waals surface area contributed by atoms with Gasteiger partial charge in [-0.3, -0.25) is 0 Å². The van der Waals surface area contributed by atoms with Crippen molar-refractivity contribution in [2.45, 2.75) is 89.5 Å². The Morgan fingerprint density at radius 1 is 0.530 bits per heavy atom. The summed E-state index contributed by atoms with van der Waals surface area (Å²) in [5.74, 6) is 0.840. The fourth-order valence-electron chi connectivity index (χ4n) is 9.16. The molecule has 1 saturated heterocycles. The normalized spacial score (nSPS) is 18.8. The van der Waals surface area contributed by atoms with Gasteiger partial charge in [0.2, 0.25) is 0 Å². The van der Waals surface area contributed by atoms with Gasteiger partial charge in [-0.2, -0.15) is 0 Å². The summed E-state index contributed by atoms with van der Waals surface area (Å²) in [7, 11) is -3.02. The topological polar surface area (TPSA) is 55.4 Å². The second-order valence-corrected chi connectivity index (χ2v) is 22.7. The molecule has 0 radical (unpaired) electrons. The number of benzene rings is 7. The van der Waals surface area contributed by atoms with E-state index < -0.39 is 38.8 Å². The first-order chi connectivity index (χ1) is 32.2. The van der Waals surface area contributed by atoms with Crippen molar-refractivity contribution in [1.29, 1.82) is 0 Å². The Labute approximate surface area is 397 Å². The minimum atomic E-state index is -3.02. The van der Waals surface area contributed by atoms with Gasteiger partial charge in [0.05, 0.1) is 33.0 Å². The van der Waals surface area contributed by atoms with Crippen LogP contribution in [0.25, 0.3) is 0 Å². The van der Waals surface area contributed by atoms with Crippen molar-refractivity contribution in [2.24, 2.45) is 0 Å². The molecule has 1 heterocycles. The highest BCUT2D eigenvalue weighted by Crippen LogP contribution is 2.42. The molecule has 0 saturated carbocycles. The smallest absolute Gasteiger partial charge is 0.261 e. The molecule has 0 amide bonds. The number of rotatable bonds is 19. The van der Waals surface area contributed by atoms with Gasteiger partial charge in [0.1, 0.15) is 36.3 Å². The highest BCUT2D eigenvalue weighted by molar-refractivity contribution is 6.99. The molecule has 66 heavy (non-hydrogen) atoms. The van der Waals surface area contributed by atoms with Gasteiger partial charge in [0, 0.05) is 5.02 Å². The molecule has 1 unspecified atom stereocenters. The van der Waals surface area contributed by atoms with Crippen LogP contribution in [0.1, 0.15) is 67.2 Å². The van der Waals surface area contributed by atoms with E-state index in [4.69, 9.17) is 39.7 Å². The Bertz CT molecular complexity index is 2480. The van der Waals surface area contributed by atoms with Gasteiger partial charge in [0.15, 0.2) is 0 Å². The van der Waals surface area contributed by atoms with E-state index in [2.05, 4.69) is 142 Å². The van der Waals surface area contributed by atoms with Gasteiger partial charge in [0.25, 0.3) is 8.32 Å². The van der Waals surface area contributed by atoms with Gasteiger partial charge in [-0.1, -0.05) is 208 Å². The molecule has 1 fully saturated rings. The molecule has 0 aromatic heterocycles. The van der Waals surface area contributed by atoms with E-state index in [9.17, 15) is 0 Å². The largest absolute Gasteiger partial charge is 0.494 e. The molecule has 1 aliphatic rings. The number of ether oxygens (including phenoxy) is 5. The molecule has 0 spiro atoms. The molecule has 0 aliphatic carbocycles. The molecular formula is C58H61ClO6Si. The predicted octanol–water partition coefficient (Wildman–Crippen LogP) is 12.1. The molecule has 7 aromatic rings. The van der Waals surface area contributed by atoms with Crippen molar-refractivity contribution in [2.75, 3.05) is 13.2 Å². The zero-order valence-electron chi connectivity index (χ0n) is 38.4. The van der Waals surface area contributed by atoms with Crippen LogP contribution in [0, 0.1) is 0 Å². The fourth-order valence-corrected chi connectivity index (χ4v) is 13.9. The quantitative estimate of drug-likeness (QED) is 0.0754. The summed E-state index contributed by atoms with van der Waals surface area (Å²) in [6.45, 7) is 10.8. The molecule has 6 nitrogen and oxygen atoms in total. The molecule has 5 atom stereocenters. The average molecular weight is 918 g/mol. The lowest BCUT2D eigenvalue weighted by molar-refractivity contribution is -0.271. The zero-order chi connectivity index (χ0) is 45.8. The maximum absolute atomic E-state index is 7.70. The van der Waals surface area contributed by atoms with Crippen molar-refractivity contribution in [3.63, 3.8) is 0 Å². The van der Waals surface area contributed by atoms with Crippen LogP contribution < -0.4 is 15.1 Å². The molecule has 8 rings (SSSR count). The summed E-state index contributed by atoms with van der Waals surface area (Å²) >= 11 is 7.04. The highest BCUT2D eigenvalue weighted by atomic mass is 35.5. The van der Waals surface area contributed by atoms with Crippen LogP contribution in [0.15, 0.2) is 194 Å². The Hall–Kier alpha value is -5.35. The van der Waals surface area contributed by atoms with Crippen LogP contribution in [-0.4, -0.2) is 45.9 Å². The maximum Gasteiger partial charge on any atom is 0.261 e. The van der Waals surface area contributed by atoms with Crippen molar-refractivity contribution in [3.8, 4) is 5.75 Å². The van der Waals surface area contributed by atoms with Gasteiger partial charge in [-0.25, -0.2) is 0 Å². The number of hydrogen-bond donors (Lipinski definition) is 0. The third-order valence-electron chi connectivity index (χ3n) is 12.4. The second kappa shape index (κ2) is 22.4. The van der Waals surface area contributed by atoms with E-state index >= 15 is 0 Å². The third-order valence-corrected chi connectivity index (χ3v) is 17.8. The lowest BCUT2D eigenvalue weighted by Gasteiger charge is -2.48. The van der Waals surface area contributed by atoms with Crippen LogP contribution in [0.3, 0.4) is 0 Å². The monoisotopic (exact) mass is 916 g/mol. The van der Waals surface area contributed by atoms with Crippen molar-refractivity contribution in [3.05, 3.63) is 233 Å². The first kappa shape index (κ1) is 47.2. The van der Waals surface area contributed by atoms with Gasteiger partial charge >= 0.3 is 0 Å². The first-order valence-electron chi connectivity index (χ1n) is 23.1. The van der Waals surface area contributed by atoms with E-state index in [0.717, 1.165) is 39.1 Å². The summed E-state index contributed by atoms with van der Waals surface area (Å²) in [4.78, 5) is 0. The summed E-state index contributed by atoms with van der Waals surface area (Å²) in [5.41, 5.74) is 6.18. The molecular weight excluding hydrogens is 856 g/mol. The van der Waals surface area contributed by atoms with Gasteiger partial charge in [-0.15, -0.1) is 0 Å². The minimum absolute atomic E-state index is 0.243. The lowest BCUT2D eigenvalue weighted by atomic mass is 9.89. The van der Waals surface area contributed by atoms with E-state index in [0.29, 0.717) is 37.9 Å². The minimum Gasteiger partial charge on any atom is -0.494 e. The molecule has 8 heteroatoms. The SMILES string of the molecule is CCOc1ccc(Cc2cc(C3O[C@H](CO[Si](c4ccccc4)(c4ccccc4)C(C)(C)C)[C@@H](OCc4ccccc4)[C@@H](OCc4ccccc4)[C@@H]3OCc3ccccc3)ccc2Cl)cc1. The summed E-state index contributed by atoms with van der Waals surface area (Å²) < 4.78 is 42.4. The van der Waals surface area contributed by atoms with Crippen molar-refractivity contribution >= 4 is 30.3 Å². The van der Waals surface area contributed by atoms with Gasteiger partial charge in [-0.05, 0) is 80.3 Å². The Morgan fingerprint density at radius 3 is 1.48 bits per heavy atom. The molecule has 0 N–H and O–H groups in total. The van der Waals surface area contributed by atoms with E-state index in [1.807, 2.05) is 79.7 Å². The van der Waals surface area contributed by atoms with Crippen LogP contribution in [0.2, 0.25) is 10.1 Å². The maximum atomic E-state index is 7.70. The van der Waals surface area contributed by atoms with Crippen LogP contribution >= 0.6 is 11.6 Å². The van der Waals surface area contributed by atoms with Crippen molar-refractivity contribution in [1.82, 2.24) is 0 Å². The Balaban J connectivity index is 1.24. The van der Waals surface area contributed by atoms with E-state index in [1.54, 1.807) is 0 Å². The Kier molecular flexibility index (Phi) is 16.0. The summed E-state index contributed by atoms with van der Waals surface area (Å²) in [6, 6.07) is 66.7. The highest BCUT2D eigenvalue weighted by Gasteiger charge is 2.53. The molecule has 7 aromatic carbocycles. The van der Waals surface area contributed by atoms with E-state index in [1.165, 1.54) is 10.4 Å².